The van der Waals surface area contributed by atoms with Crippen LogP contribution in [0.2, 0.25) is 0 Å². The van der Waals surface area contributed by atoms with Gasteiger partial charge >= 0.3 is 0 Å². The standard InChI is InChI=1S/C23H24N2O5/c1-14-8-17-11-16(5-7-19(17)29-14)21-12-18(25-30-21)13-24-23(26)10-15-4-6-20(27-2)22(9-15)28-3/h4-7,9,11-12,14H,8,10,13H2,1-3H3,(H,24,26)/t14-/m0/s1. The van der Waals surface area contributed by atoms with Crippen LogP contribution in [-0.4, -0.2) is 31.4 Å². The van der Waals surface area contributed by atoms with Crippen molar-refractivity contribution in [1.82, 2.24) is 10.5 Å². The van der Waals surface area contributed by atoms with Crippen LogP contribution in [0.15, 0.2) is 47.0 Å². The van der Waals surface area contributed by atoms with Gasteiger partial charge in [-0.25, -0.2) is 0 Å². The lowest BCUT2D eigenvalue weighted by atomic mass is 10.1. The zero-order chi connectivity index (χ0) is 21.1. The van der Waals surface area contributed by atoms with Crippen molar-refractivity contribution in [3.63, 3.8) is 0 Å². The van der Waals surface area contributed by atoms with E-state index >= 15 is 0 Å². The summed E-state index contributed by atoms with van der Waals surface area (Å²) in [7, 11) is 3.14. The number of fused-ring (bicyclic) bond motifs is 1. The van der Waals surface area contributed by atoms with Crippen LogP contribution in [0.4, 0.5) is 0 Å². The van der Waals surface area contributed by atoms with E-state index in [1.165, 1.54) is 5.56 Å². The number of ether oxygens (including phenoxy) is 3. The molecule has 1 N–H and O–H groups in total. The molecule has 1 aromatic heterocycles. The van der Waals surface area contributed by atoms with Crippen molar-refractivity contribution < 1.29 is 23.5 Å². The van der Waals surface area contributed by atoms with Crippen LogP contribution in [0.1, 0.15) is 23.7 Å². The maximum atomic E-state index is 12.3. The number of hydrogen-bond donors (Lipinski definition) is 1. The maximum absolute atomic E-state index is 12.3. The van der Waals surface area contributed by atoms with Gasteiger partial charge in [0, 0.05) is 18.1 Å². The lowest BCUT2D eigenvalue weighted by Crippen LogP contribution is -2.24. The zero-order valence-corrected chi connectivity index (χ0v) is 17.2. The molecular formula is C23H24N2O5. The molecule has 0 aliphatic carbocycles. The van der Waals surface area contributed by atoms with Crippen molar-refractivity contribution in [2.75, 3.05) is 14.2 Å². The van der Waals surface area contributed by atoms with E-state index in [0.29, 0.717) is 29.5 Å². The van der Waals surface area contributed by atoms with Crippen molar-refractivity contribution in [2.24, 2.45) is 0 Å². The molecule has 2 heterocycles. The molecule has 4 rings (SSSR count). The summed E-state index contributed by atoms with van der Waals surface area (Å²) in [5.74, 6) is 2.70. The first-order valence-corrected chi connectivity index (χ1v) is 9.79. The van der Waals surface area contributed by atoms with Gasteiger partial charge in [0.15, 0.2) is 17.3 Å². The van der Waals surface area contributed by atoms with E-state index in [4.69, 9.17) is 18.7 Å². The molecule has 0 saturated heterocycles. The predicted octanol–water partition coefficient (Wildman–Crippen LogP) is 3.54. The lowest BCUT2D eigenvalue weighted by molar-refractivity contribution is -0.120. The molecule has 3 aromatic rings. The normalized spacial score (nSPS) is 14.7. The number of nitrogens with one attached hydrogen (secondary N) is 1. The number of methoxy groups -OCH3 is 2. The Hall–Kier alpha value is -3.48. The summed E-state index contributed by atoms with van der Waals surface area (Å²) in [6.07, 6.45) is 1.31. The van der Waals surface area contributed by atoms with Crippen LogP contribution in [0.3, 0.4) is 0 Å². The van der Waals surface area contributed by atoms with Crippen molar-refractivity contribution >= 4 is 5.91 Å². The molecule has 0 unspecified atom stereocenters. The third-order valence-corrected chi connectivity index (χ3v) is 5.02. The Bertz CT molecular complexity index is 1060. The number of nitrogens with zero attached hydrogens (tertiary/aromatic N) is 1. The first kappa shape index (κ1) is 19.8. The molecular weight excluding hydrogens is 384 g/mol. The molecule has 30 heavy (non-hydrogen) atoms. The number of benzene rings is 2. The summed E-state index contributed by atoms with van der Waals surface area (Å²) in [5, 5.41) is 6.94. The van der Waals surface area contributed by atoms with Crippen LogP contribution in [0.5, 0.6) is 17.2 Å². The smallest absolute Gasteiger partial charge is 0.224 e. The van der Waals surface area contributed by atoms with Crippen molar-refractivity contribution in [1.29, 1.82) is 0 Å². The van der Waals surface area contributed by atoms with E-state index in [1.54, 1.807) is 26.4 Å². The fraction of sp³-hybridized carbons (Fsp3) is 0.304. The molecule has 0 radical (unpaired) electrons. The molecule has 1 aliphatic rings. The molecule has 0 fully saturated rings. The second-order valence-electron chi connectivity index (χ2n) is 7.28. The minimum Gasteiger partial charge on any atom is -0.493 e. The monoisotopic (exact) mass is 408 g/mol. The predicted molar refractivity (Wildman–Crippen MR) is 111 cm³/mol. The van der Waals surface area contributed by atoms with Crippen molar-refractivity contribution in [2.45, 2.75) is 32.4 Å². The van der Waals surface area contributed by atoms with Gasteiger partial charge in [-0.05, 0) is 48.4 Å². The van der Waals surface area contributed by atoms with Gasteiger partial charge < -0.3 is 24.1 Å². The minimum absolute atomic E-state index is 0.115. The minimum atomic E-state index is -0.115. The van der Waals surface area contributed by atoms with E-state index < -0.39 is 0 Å². The zero-order valence-electron chi connectivity index (χ0n) is 17.2. The van der Waals surface area contributed by atoms with E-state index in [9.17, 15) is 4.79 Å². The van der Waals surface area contributed by atoms with E-state index in [2.05, 4.69) is 23.5 Å². The Morgan fingerprint density at radius 1 is 1.13 bits per heavy atom. The first-order chi connectivity index (χ1) is 14.6. The lowest BCUT2D eigenvalue weighted by Gasteiger charge is -2.09. The Morgan fingerprint density at radius 3 is 2.77 bits per heavy atom. The molecule has 7 heteroatoms. The molecule has 0 spiro atoms. The number of carbonyl (C=O) groups excluding carboxylic acids is 1. The van der Waals surface area contributed by atoms with Crippen molar-refractivity contribution in [3.05, 3.63) is 59.3 Å². The van der Waals surface area contributed by atoms with E-state index in [1.807, 2.05) is 24.3 Å². The number of aromatic nitrogens is 1. The average molecular weight is 408 g/mol. The second kappa shape index (κ2) is 8.49. The third-order valence-electron chi connectivity index (χ3n) is 5.02. The highest BCUT2D eigenvalue weighted by Gasteiger charge is 2.20. The summed E-state index contributed by atoms with van der Waals surface area (Å²) in [5.41, 5.74) is 3.61. The molecule has 0 bridgehead atoms. The number of amides is 1. The third kappa shape index (κ3) is 4.25. The molecule has 7 nitrogen and oxygen atoms in total. The van der Waals surface area contributed by atoms with E-state index in [-0.39, 0.29) is 18.4 Å². The first-order valence-electron chi connectivity index (χ1n) is 9.79. The van der Waals surface area contributed by atoms with Gasteiger partial charge in [0.05, 0.1) is 27.2 Å². The topological polar surface area (TPSA) is 82.8 Å². The summed E-state index contributed by atoms with van der Waals surface area (Å²) >= 11 is 0. The second-order valence-corrected chi connectivity index (χ2v) is 7.28. The van der Waals surface area contributed by atoms with Crippen LogP contribution in [-0.2, 0) is 24.2 Å². The molecule has 1 atom stereocenters. The van der Waals surface area contributed by atoms with Crippen LogP contribution in [0, 0.1) is 0 Å². The van der Waals surface area contributed by atoms with Crippen LogP contribution in [0.25, 0.3) is 11.3 Å². The summed E-state index contributed by atoms with van der Waals surface area (Å²) < 4.78 is 21.7. The maximum Gasteiger partial charge on any atom is 0.224 e. The summed E-state index contributed by atoms with van der Waals surface area (Å²) in [6.45, 7) is 2.34. The molecule has 156 valence electrons. The Labute approximate surface area is 174 Å². The highest BCUT2D eigenvalue weighted by atomic mass is 16.5. The SMILES string of the molecule is COc1ccc(CC(=O)NCc2cc(-c3ccc4c(c3)C[C@H](C)O4)on2)cc1OC. The number of hydrogen-bond acceptors (Lipinski definition) is 6. The Kier molecular flexibility index (Phi) is 5.61. The van der Waals surface area contributed by atoms with Crippen molar-refractivity contribution in [3.8, 4) is 28.6 Å². The average Bonchev–Trinajstić information content (AvgIpc) is 3.37. The highest BCUT2D eigenvalue weighted by molar-refractivity contribution is 5.78. The fourth-order valence-corrected chi connectivity index (χ4v) is 3.53. The van der Waals surface area contributed by atoms with Gasteiger partial charge in [-0.2, -0.15) is 0 Å². The summed E-state index contributed by atoms with van der Waals surface area (Å²) in [6, 6.07) is 13.3. The fourth-order valence-electron chi connectivity index (χ4n) is 3.53. The van der Waals surface area contributed by atoms with Gasteiger partial charge in [-0.3, -0.25) is 4.79 Å². The van der Waals surface area contributed by atoms with Gasteiger partial charge in [0.25, 0.3) is 0 Å². The van der Waals surface area contributed by atoms with Gasteiger partial charge in [-0.1, -0.05) is 11.2 Å². The molecule has 1 aliphatic heterocycles. The van der Waals surface area contributed by atoms with Crippen LogP contribution >= 0.6 is 0 Å². The van der Waals surface area contributed by atoms with Crippen LogP contribution < -0.4 is 19.5 Å². The Morgan fingerprint density at radius 2 is 1.97 bits per heavy atom. The summed E-state index contributed by atoms with van der Waals surface area (Å²) in [4.78, 5) is 12.3. The Balaban J connectivity index is 1.36. The number of rotatable bonds is 7. The highest BCUT2D eigenvalue weighted by Crippen LogP contribution is 2.33. The van der Waals surface area contributed by atoms with Gasteiger partial charge in [0.1, 0.15) is 17.5 Å². The van der Waals surface area contributed by atoms with E-state index in [0.717, 1.165) is 23.3 Å². The molecule has 0 saturated carbocycles. The quantitative estimate of drug-likeness (QED) is 0.644. The van der Waals surface area contributed by atoms with Gasteiger partial charge in [0.2, 0.25) is 5.91 Å². The van der Waals surface area contributed by atoms with Gasteiger partial charge in [-0.15, -0.1) is 0 Å². The largest absolute Gasteiger partial charge is 0.493 e. The molecule has 1 amide bonds. The molecule has 2 aromatic carbocycles. The number of carbonyl (C=O) groups is 1.